The van der Waals surface area contributed by atoms with Gasteiger partial charge in [0.25, 0.3) is 15.9 Å². The molecule has 0 aliphatic carbocycles. The molecular weight excluding hydrogens is 512 g/mol. The summed E-state index contributed by atoms with van der Waals surface area (Å²) in [6.07, 6.45) is 0.477. The van der Waals surface area contributed by atoms with Gasteiger partial charge >= 0.3 is 0 Å². The summed E-state index contributed by atoms with van der Waals surface area (Å²) in [7, 11) is -6.10. The molecule has 0 saturated carbocycles. The van der Waals surface area contributed by atoms with Gasteiger partial charge in [-0.25, -0.2) is 21.1 Å². The number of fused-ring (bicyclic) bond motifs is 1. The van der Waals surface area contributed by atoms with Crippen LogP contribution in [-0.2, 0) is 20.0 Å². The summed E-state index contributed by atoms with van der Waals surface area (Å²) >= 11 is 0. The minimum absolute atomic E-state index is 0.0371. The minimum Gasteiger partial charge on any atom is -0.488 e. The first kappa shape index (κ1) is 27.9. The average molecular weight is 545 g/mol. The van der Waals surface area contributed by atoms with Crippen LogP contribution < -0.4 is 9.46 Å². The summed E-state index contributed by atoms with van der Waals surface area (Å²) in [5.74, 6) is -0.431. The van der Waals surface area contributed by atoms with E-state index >= 15 is 0 Å². The molecule has 1 aromatic carbocycles. The fraction of sp³-hybridized carbons (Fsp3) is 0.545. The summed E-state index contributed by atoms with van der Waals surface area (Å²) in [4.78, 5) is 14.9. The van der Waals surface area contributed by atoms with Crippen molar-refractivity contribution < 1.29 is 36.0 Å². The minimum atomic E-state index is -4.06. The number of amides is 1. The zero-order valence-electron chi connectivity index (χ0n) is 21.0. The molecule has 36 heavy (non-hydrogen) atoms. The molecule has 3 atom stereocenters. The van der Waals surface area contributed by atoms with Gasteiger partial charge in [0, 0.05) is 25.2 Å². The second-order valence-electron chi connectivity index (χ2n) is 9.14. The monoisotopic (exact) mass is 544 g/mol. The van der Waals surface area contributed by atoms with E-state index in [4.69, 9.17) is 9.26 Å². The van der Waals surface area contributed by atoms with Crippen molar-refractivity contribution in [3.8, 4) is 5.75 Å². The molecule has 2 aromatic rings. The number of likely N-dealkylation sites (N-methyl/N-ethyl adjacent to an activating group) is 1. The van der Waals surface area contributed by atoms with Crippen LogP contribution in [0.5, 0.6) is 5.75 Å². The highest BCUT2D eigenvalue weighted by Gasteiger charge is 2.35. The Morgan fingerprint density at radius 3 is 2.50 bits per heavy atom. The molecule has 1 amide bonds. The van der Waals surface area contributed by atoms with Crippen LogP contribution in [0, 0.1) is 19.8 Å². The highest BCUT2D eigenvalue weighted by molar-refractivity contribution is 7.92. The molecule has 0 unspecified atom stereocenters. The number of aliphatic hydroxyl groups is 1. The van der Waals surface area contributed by atoms with Gasteiger partial charge < -0.3 is 19.3 Å². The average Bonchev–Trinajstić information content (AvgIpc) is 3.13. The standard InChI is InChI=1S/C22H32N4O8S2/c1-13-10-26(14(2)12-27)22(28)18-9-17(24-36(31,32)21-15(3)23-34-16(21)4)7-8-19(18)33-20(13)11-25(5)35(6,29)30/h7-9,13-14,20,24,27H,10-12H2,1-6H3/t13-,14+,20-/m0/s1. The van der Waals surface area contributed by atoms with E-state index in [1.807, 2.05) is 6.92 Å². The Kier molecular flexibility index (Phi) is 8.03. The Morgan fingerprint density at radius 1 is 1.28 bits per heavy atom. The van der Waals surface area contributed by atoms with Crippen LogP contribution in [0.25, 0.3) is 0 Å². The first-order valence-electron chi connectivity index (χ1n) is 11.2. The molecule has 2 heterocycles. The van der Waals surface area contributed by atoms with Crippen molar-refractivity contribution >= 4 is 31.6 Å². The number of nitrogens with zero attached hydrogens (tertiary/aromatic N) is 3. The summed E-state index contributed by atoms with van der Waals surface area (Å²) in [5.41, 5.74) is 0.384. The Hall–Kier alpha value is -2.68. The van der Waals surface area contributed by atoms with E-state index in [-0.39, 0.29) is 59.0 Å². The van der Waals surface area contributed by atoms with Crippen molar-refractivity contribution in [2.24, 2.45) is 5.92 Å². The van der Waals surface area contributed by atoms with Gasteiger partial charge in [-0.2, -0.15) is 0 Å². The molecule has 0 spiro atoms. The van der Waals surface area contributed by atoms with E-state index in [9.17, 15) is 26.7 Å². The third kappa shape index (κ3) is 5.82. The van der Waals surface area contributed by atoms with Crippen LogP contribution in [0.1, 0.15) is 35.7 Å². The van der Waals surface area contributed by atoms with Gasteiger partial charge in [-0.1, -0.05) is 12.1 Å². The molecule has 0 radical (unpaired) electrons. The fourth-order valence-corrected chi connectivity index (χ4v) is 5.76. The molecule has 1 aliphatic heterocycles. The summed E-state index contributed by atoms with van der Waals surface area (Å²) < 4.78 is 64.7. The van der Waals surface area contributed by atoms with E-state index in [0.717, 1.165) is 6.26 Å². The first-order chi connectivity index (χ1) is 16.7. The smallest absolute Gasteiger partial charge is 0.267 e. The number of benzene rings is 1. The quantitative estimate of drug-likeness (QED) is 0.498. The molecule has 1 aliphatic rings. The first-order valence-corrected chi connectivity index (χ1v) is 14.6. The van der Waals surface area contributed by atoms with Gasteiger partial charge in [0.1, 0.15) is 17.5 Å². The molecule has 12 nitrogen and oxygen atoms in total. The molecule has 1 aromatic heterocycles. The van der Waals surface area contributed by atoms with Crippen molar-refractivity contribution in [3.63, 3.8) is 0 Å². The third-order valence-electron chi connectivity index (χ3n) is 6.16. The number of aromatic nitrogens is 1. The number of aryl methyl sites for hydroxylation is 2. The van der Waals surface area contributed by atoms with Crippen LogP contribution in [0.15, 0.2) is 27.6 Å². The second-order valence-corrected chi connectivity index (χ2v) is 12.8. The number of carbonyl (C=O) groups is 1. The molecule has 200 valence electrons. The fourth-order valence-electron chi connectivity index (χ4n) is 3.96. The Balaban J connectivity index is 2.04. The molecular formula is C22H32N4O8S2. The molecule has 14 heteroatoms. The predicted molar refractivity (Wildman–Crippen MR) is 132 cm³/mol. The van der Waals surface area contributed by atoms with Crippen LogP contribution in [0.3, 0.4) is 0 Å². The maximum atomic E-state index is 13.5. The number of hydrogen-bond acceptors (Lipinski definition) is 9. The molecule has 0 bridgehead atoms. The predicted octanol–water partition coefficient (Wildman–Crippen LogP) is 1.20. The van der Waals surface area contributed by atoms with Crippen LogP contribution in [0.2, 0.25) is 0 Å². The Morgan fingerprint density at radius 2 is 1.94 bits per heavy atom. The van der Waals surface area contributed by atoms with Crippen LogP contribution in [0.4, 0.5) is 5.69 Å². The number of rotatable bonds is 8. The number of nitrogens with one attached hydrogen (secondary N) is 1. The van der Waals surface area contributed by atoms with E-state index < -0.39 is 38.1 Å². The lowest BCUT2D eigenvalue weighted by Crippen LogP contribution is -2.50. The summed E-state index contributed by atoms with van der Waals surface area (Å²) in [5, 5.41) is 13.4. The highest BCUT2D eigenvalue weighted by Crippen LogP contribution is 2.32. The number of anilines is 1. The van der Waals surface area contributed by atoms with E-state index in [1.165, 1.54) is 48.3 Å². The number of ether oxygens (including phenoxy) is 1. The van der Waals surface area contributed by atoms with Crippen molar-refractivity contribution in [3.05, 3.63) is 35.2 Å². The molecule has 0 fully saturated rings. The van der Waals surface area contributed by atoms with Gasteiger partial charge in [-0.3, -0.25) is 9.52 Å². The van der Waals surface area contributed by atoms with E-state index in [2.05, 4.69) is 9.88 Å². The van der Waals surface area contributed by atoms with E-state index in [1.54, 1.807) is 6.92 Å². The topological polar surface area (TPSA) is 159 Å². The third-order valence-corrected chi connectivity index (χ3v) is 9.06. The highest BCUT2D eigenvalue weighted by atomic mass is 32.2. The largest absolute Gasteiger partial charge is 0.488 e. The number of sulfonamides is 2. The lowest BCUT2D eigenvalue weighted by molar-refractivity contribution is 0.0387. The zero-order chi connectivity index (χ0) is 27.0. The Labute approximate surface area is 211 Å². The van der Waals surface area contributed by atoms with Crippen molar-refractivity contribution in [2.75, 3.05) is 37.7 Å². The van der Waals surface area contributed by atoms with Crippen molar-refractivity contribution in [2.45, 2.75) is 44.7 Å². The summed E-state index contributed by atoms with van der Waals surface area (Å²) in [6.45, 7) is 6.45. The van der Waals surface area contributed by atoms with Crippen LogP contribution in [-0.4, -0.2) is 87.4 Å². The number of aliphatic hydroxyl groups excluding tert-OH is 1. The van der Waals surface area contributed by atoms with Crippen LogP contribution >= 0.6 is 0 Å². The zero-order valence-corrected chi connectivity index (χ0v) is 22.7. The maximum absolute atomic E-state index is 13.5. The lowest BCUT2D eigenvalue weighted by Gasteiger charge is -2.38. The number of hydrogen-bond donors (Lipinski definition) is 2. The van der Waals surface area contributed by atoms with Gasteiger partial charge in [0.15, 0.2) is 10.7 Å². The van der Waals surface area contributed by atoms with Crippen molar-refractivity contribution in [1.82, 2.24) is 14.4 Å². The van der Waals surface area contributed by atoms with Crippen molar-refractivity contribution in [1.29, 1.82) is 0 Å². The van der Waals surface area contributed by atoms with Gasteiger partial charge in [-0.15, -0.1) is 0 Å². The summed E-state index contributed by atoms with van der Waals surface area (Å²) in [6, 6.07) is 3.73. The SMILES string of the molecule is Cc1noc(C)c1S(=O)(=O)Nc1ccc2c(c1)C(=O)N([C@H](C)CO)C[C@H](C)[C@H](CN(C)S(C)(=O)=O)O2. The number of carbonyl (C=O) groups excluding carboxylic acids is 1. The lowest BCUT2D eigenvalue weighted by atomic mass is 9.99. The second kappa shape index (κ2) is 10.4. The van der Waals surface area contributed by atoms with Gasteiger partial charge in [0.2, 0.25) is 10.0 Å². The molecule has 3 rings (SSSR count). The van der Waals surface area contributed by atoms with E-state index in [0.29, 0.717) is 0 Å². The Bertz CT molecular complexity index is 1320. The molecule has 0 saturated heterocycles. The normalized spacial score (nSPS) is 19.9. The van der Waals surface area contributed by atoms with Gasteiger partial charge in [-0.05, 0) is 39.0 Å². The maximum Gasteiger partial charge on any atom is 0.267 e. The molecule has 2 N–H and O–H groups in total. The van der Waals surface area contributed by atoms with Gasteiger partial charge in [0.05, 0.1) is 31.0 Å².